The molecule has 4 aliphatic rings. The van der Waals surface area contributed by atoms with Crippen LogP contribution in [0.2, 0.25) is 0 Å². The van der Waals surface area contributed by atoms with Gasteiger partial charge in [0.1, 0.15) is 5.00 Å². The molecule has 2 bridgehead atoms. The van der Waals surface area contributed by atoms with Gasteiger partial charge in [-0.2, -0.15) is 0 Å². The van der Waals surface area contributed by atoms with E-state index in [1.165, 1.54) is 12.0 Å². The summed E-state index contributed by atoms with van der Waals surface area (Å²) in [5.41, 5.74) is 1.33. The van der Waals surface area contributed by atoms with Gasteiger partial charge in [0, 0.05) is 9.70 Å². The van der Waals surface area contributed by atoms with Gasteiger partial charge in [-0.05, 0) is 54.9 Å². The molecule has 3 unspecified atom stereocenters. The van der Waals surface area contributed by atoms with Gasteiger partial charge >= 0.3 is 5.97 Å². The third kappa shape index (κ3) is 2.00. The Morgan fingerprint density at radius 3 is 2.46 bits per heavy atom. The van der Waals surface area contributed by atoms with E-state index in [-0.39, 0.29) is 27.5 Å². The first-order chi connectivity index (χ1) is 12.2. The average Bonchev–Trinajstić information content (AvgIpc) is 3.19. The van der Waals surface area contributed by atoms with Crippen LogP contribution in [0.3, 0.4) is 0 Å². The molecule has 26 heavy (non-hydrogen) atoms. The molecule has 3 saturated carbocycles. The smallest absolute Gasteiger partial charge is 0.341 e. The van der Waals surface area contributed by atoms with Crippen molar-refractivity contribution in [2.75, 3.05) is 12.4 Å². The summed E-state index contributed by atoms with van der Waals surface area (Å²) in [6, 6.07) is 0. The summed E-state index contributed by atoms with van der Waals surface area (Å²) in [4.78, 5) is 27.3. The molecule has 1 amide bonds. The van der Waals surface area contributed by atoms with E-state index in [4.69, 9.17) is 4.74 Å². The van der Waals surface area contributed by atoms with Crippen LogP contribution in [0.1, 0.15) is 67.3 Å². The number of hydrogen-bond donors (Lipinski definition) is 1. The predicted octanol–water partition coefficient (Wildman–Crippen LogP) is 4.94. The Labute approximate surface area is 167 Å². The molecule has 3 atom stereocenters. The Hall–Kier alpha value is -0.880. The number of thiophene rings is 1. The Morgan fingerprint density at radius 1 is 1.19 bits per heavy atom. The number of amides is 1. The van der Waals surface area contributed by atoms with Gasteiger partial charge in [-0.25, -0.2) is 4.79 Å². The molecular weight excluding hydrogens is 414 g/mol. The first-order valence-electron chi connectivity index (χ1n) is 9.39. The maximum atomic E-state index is 13.4. The SMILES string of the molecule is COC(=O)c1c(NC(=O)C23CCC(C)(C2Br)C3(C)C)sc2c1CCCC2. The third-order valence-electron chi connectivity index (χ3n) is 7.77. The molecule has 1 aromatic heterocycles. The summed E-state index contributed by atoms with van der Waals surface area (Å²) >= 11 is 5.39. The molecule has 0 radical (unpaired) electrons. The number of methoxy groups -OCH3 is 1. The molecule has 5 rings (SSSR count). The van der Waals surface area contributed by atoms with Gasteiger partial charge in [-0.15, -0.1) is 11.3 Å². The monoisotopic (exact) mass is 439 g/mol. The molecule has 4 aliphatic carbocycles. The normalized spacial score (nSPS) is 34.0. The van der Waals surface area contributed by atoms with Crippen molar-refractivity contribution in [3.63, 3.8) is 0 Å². The van der Waals surface area contributed by atoms with Crippen LogP contribution in [0.4, 0.5) is 5.00 Å². The van der Waals surface area contributed by atoms with Crippen LogP contribution in [0, 0.1) is 16.2 Å². The van der Waals surface area contributed by atoms with E-state index in [9.17, 15) is 9.59 Å². The highest BCUT2D eigenvalue weighted by atomic mass is 79.9. The van der Waals surface area contributed by atoms with E-state index < -0.39 is 5.41 Å². The number of carbonyl (C=O) groups excluding carboxylic acids is 2. The van der Waals surface area contributed by atoms with E-state index >= 15 is 0 Å². The van der Waals surface area contributed by atoms with Crippen LogP contribution in [-0.4, -0.2) is 23.8 Å². The van der Waals surface area contributed by atoms with Crippen LogP contribution < -0.4 is 5.32 Å². The summed E-state index contributed by atoms with van der Waals surface area (Å²) < 4.78 is 5.03. The second-order valence-corrected chi connectivity index (χ2v) is 10.8. The molecule has 142 valence electrons. The first-order valence-corrected chi connectivity index (χ1v) is 11.1. The molecule has 3 fully saturated rings. The number of aryl methyl sites for hydroxylation is 1. The van der Waals surface area contributed by atoms with Crippen molar-refractivity contribution >= 4 is 44.1 Å². The molecule has 6 heteroatoms. The van der Waals surface area contributed by atoms with E-state index in [1.807, 2.05) is 0 Å². The molecule has 0 aromatic carbocycles. The number of fused-ring (bicyclic) bond motifs is 2. The second-order valence-electron chi connectivity index (χ2n) is 8.74. The summed E-state index contributed by atoms with van der Waals surface area (Å²) in [6.07, 6.45) is 6.03. The largest absolute Gasteiger partial charge is 0.465 e. The van der Waals surface area contributed by atoms with E-state index in [2.05, 4.69) is 42.0 Å². The Bertz CT molecular complexity index is 801. The third-order valence-corrected chi connectivity index (χ3v) is 10.8. The highest BCUT2D eigenvalue weighted by Crippen LogP contribution is 2.80. The lowest BCUT2D eigenvalue weighted by Gasteiger charge is -2.64. The fourth-order valence-corrected chi connectivity index (χ4v) is 8.73. The van der Waals surface area contributed by atoms with Crippen molar-refractivity contribution < 1.29 is 14.3 Å². The topological polar surface area (TPSA) is 55.4 Å². The lowest BCUT2D eigenvalue weighted by Crippen LogP contribution is -2.68. The van der Waals surface area contributed by atoms with Crippen molar-refractivity contribution in [3.8, 4) is 0 Å². The molecular formula is C20H26BrNO3S. The first kappa shape index (κ1) is 18.5. The highest BCUT2D eigenvalue weighted by Gasteiger charge is 2.80. The zero-order valence-corrected chi connectivity index (χ0v) is 18.2. The van der Waals surface area contributed by atoms with Crippen LogP contribution in [0.15, 0.2) is 0 Å². The maximum Gasteiger partial charge on any atom is 0.341 e. The van der Waals surface area contributed by atoms with Crippen molar-refractivity contribution in [3.05, 3.63) is 16.0 Å². The minimum absolute atomic E-state index is 0.0445. The molecule has 0 aliphatic heterocycles. The summed E-state index contributed by atoms with van der Waals surface area (Å²) in [5.74, 6) is -0.292. The summed E-state index contributed by atoms with van der Waals surface area (Å²) in [7, 11) is 1.41. The Morgan fingerprint density at radius 2 is 1.88 bits per heavy atom. The zero-order chi connectivity index (χ0) is 18.9. The van der Waals surface area contributed by atoms with Gasteiger partial charge in [-0.1, -0.05) is 36.7 Å². The molecule has 4 nitrogen and oxygen atoms in total. The second kappa shape index (κ2) is 5.81. The zero-order valence-electron chi connectivity index (χ0n) is 15.8. The van der Waals surface area contributed by atoms with Gasteiger partial charge in [0.2, 0.25) is 5.91 Å². The van der Waals surface area contributed by atoms with Gasteiger partial charge in [0.15, 0.2) is 0 Å². The number of alkyl halides is 1. The molecule has 0 spiro atoms. The number of halogens is 1. The fourth-order valence-electron chi connectivity index (χ4n) is 5.64. The number of nitrogens with one attached hydrogen (secondary N) is 1. The minimum atomic E-state index is -0.417. The number of carbonyl (C=O) groups is 2. The van der Waals surface area contributed by atoms with Crippen LogP contribution in [0.5, 0.6) is 0 Å². The lowest BCUT2D eigenvalue weighted by molar-refractivity contribution is -0.155. The standard InChI is InChI=1S/C20H26BrNO3S/c1-18(2)19(3)9-10-20(18,16(19)21)17(24)22-14-13(15(23)25-4)11-7-5-6-8-12(11)26-14/h16H,5-10H2,1-4H3,(H,22,24). The fraction of sp³-hybridized carbons (Fsp3) is 0.700. The quantitative estimate of drug-likeness (QED) is 0.535. The predicted molar refractivity (Wildman–Crippen MR) is 107 cm³/mol. The van der Waals surface area contributed by atoms with Gasteiger partial charge in [0.25, 0.3) is 0 Å². The van der Waals surface area contributed by atoms with Crippen LogP contribution in [-0.2, 0) is 22.4 Å². The molecule has 1 heterocycles. The van der Waals surface area contributed by atoms with Gasteiger partial charge in [-0.3, -0.25) is 4.79 Å². The number of ether oxygens (including phenoxy) is 1. The molecule has 1 aromatic rings. The van der Waals surface area contributed by atoms with Crippen molar-refractivity contribution in [2.24, 2.45) is 16.2 Å². The van der Waals surface area contributed by atoms with Gasteiger partial charge < -0.3 is 10.1 Å². The number of rotatable bonds is 3. The number of anilines is 1. The molecule has 1 N–H and O–H groups in total. The number of esters is 1. The summed E-state index contributed by atoms with van der Waals surface area (Å²) in [6.45, 7) is 6.69. The minimum Gasteiger partial charge on any atom is -0.465 e. The average molecular weight is 440 g/mol. The van der Waals surface area contributed by atoms with E-state index in [1.54, 1.807) is 11.3 Å². The Balaban J connectivity index is 1.69. The lowest BCUT2D eigenvalue weighted by atomic mass is 9.43. The van der Waals surface area contributed by atoms with E-state index in [0.717, 1.165) is 44.1 Å². The van der Waals surface area contributed by atoms with Crippen molar-refractivity contribution in [1.82, 2.24) is 0 Å². The van der Waals surface area contributed by atoms with Crippen molar-refractivity contribution in [2.45, 2.75) is 64.1 Å². The van der Waals surface area contributed by atoms with Crippen LogP contribution in [0.25, 0.3) is 0 Å². The van der Waals surface area contributed by atoms with Crippen molar-refractivity contribution in [1.29, 1.82) is 0 Å². The maximum absolute atomic E-state index is 13.4. The summed E-state index contributed by atoms with van der Waals surface area (Å²) in [5, 5.41) is 3.84. The highest BCUT2D eigenvalue weighted by molar-refractivity contribution is 9.09. The Kier molecular flexibility index (Phi) is 4.13. The number of hydrogen-bond acceptors (Lipinski definition) is 4. The molecule has 0 saturated heterocycles. The van der Waals surface area contributed by atoms with Gasteiger partial charge in [0.05, 0.1) is 18.1 Å². The van der Waals surface area contributed by atoms with Crippen LogP contribution >= 0.6 is 27.3 Å². The van der Waals surface area contributed by atoms with E-state index in [0.29, 0.717) is 10.6 Å².